The van der Waals surface area contributed by atoms with Gasteiger partial charge in [-0.15, -0.1) is 10.2 Å². The molecule has 2 rings (SSSR count). The van der Waals surface area contributed by atoms with Crippen molar-refractivity contribution >= 4 is 45.7 Å². The molecular formula is C16H21ClN4OS2. The van der Waals surface area contributed by atoms with Gasteiger partial charge in [0.05, 0.1) is 5.25 Å². The van der Waals surface area contributed by atoms with E-state index in [2.05, 4.69) is 27.8 Å². The van der Waals surface area contributed by atoms with Gasteiger partial charge in [0.2, 0.25) is 11.0 Å². The second kappa shape index (κ2) is 9.86. The van der Waals surface area contributed by atoms with Gasteiger partial charge >= 0.3 is 0 Å². The molecule has 1 aromatic carbocycles. The Hall–Kier alpha value is -1.31. The third kappa shape index (κ3) is 5.96. The van der Waals surface area contributed by atoms with E-state index < -0.39 is 0 Å². The van der Waals surface area contributed by atoms with Crippen LogP contribution in [0.25, 0.3) is 0 Å². The summed E-state index contributed by atoms with van der Waals surface area (Å²) in [5.74, 6) is -0.0457. The Morgan fingerprint density at radius 2 is 2.17 bits per heavy atom. The maximum atomic E-state index is 12.2. The quantitative estimate of drug-likeness (QED) is 0.501. The summed E-state index contributed by atoms with van der Waals surface area (Å²) in [5.41, 5.74) is 0.906. The number of rotatable bonds is 9. The van der Waals surface area contributed by atoms with Gasteiger partial charge in [-0.2, -0.15) is 0 Å². The van der Waals surface area contributed by atoms with Crippen LogP contribution in [0.5, 0.6) is 0 Å². The van der Waals surface area contributed by atoms with E-state index in [1.54, 1.807) is 0 Å². The first-order valence-corrected chi connectivity index (χ1v) is 9.92. The van der Waals surface area contributed by atoms with Crippen molar-refractivity contribution in [2.75, 3.05) is 11.9 Å². The minimum Gasteiger partial charge on any atom is -0.360 e. The van der Waals surface area contributed by atoms with Crippen molar-refractivity contribution in [3.8, 4) is 0 Å². The number of anilines is 1. The summed E-state index contributed by atoms with van der Waals surface area (Å²) < 4.78 is 0.786. The number of carbonyl (C=O) groups excluding carboxylic acids is 1. The molecule has 0 aliphatic rings. The van der Waals surface area contributed by atoms with E-state index in [4.69, 9.17) is 11.6 Å². The van der Waals surface area contributed by atoms with Crippen LogP contribution in [0.1, 0.15) is 32.3 Å². The highest BCUT2D eigenvalue weighted by molar-refractivity contribution is 8.02. The van der Waals surface area contributed by atoms with E-state index in [-0.39, 0.29) is 11.2 Å². The number of amides is 1. The summed E-state index contributed by atoms with van der Waals surface area (Å²) in [4.78, 5) is 12.2. The Labute approximate surface area is 155 Å². The molecule has 2 aromatic rings. The highest BCUT2D eigenvalue weighted by atomic mass is 35.5. The number of carbonyl (C=O) groups is 1. The first-order chi connectivity index (χ1) is 11.6. The Bertz CT molecular complexity index is 665. The summed E-state index contributed by atoms with van der Waals surface area (Å²) >= 11 is 8.98. The molecule has 5 nitrogen and oxygen atoms in total. The van der Waals surface area contributed by atoms with Gasteiger partial charge < -0.3 is 10.6 Å². The molecule has 0 unspecified atom stereocenters. The van der Waals surface area contributed by atoms with E-state index in [1.165, 1.54) is 23.1 Å². The Morgan fingerprint density at radius 3 is 2.92 bits per heavy atom. The number of unbranched alkanes of at least 4 members (excludes halogenated alkanes) is 1. The van der Waals surface area contributed by atoms with Gasteiger partial charge in [-0.05, 0) is 25.0 Å². The summed E-state index contributed by atoms with van der Waals surface area (Å²) in [6, 6.07) is 7.49. The first kappa shape index (κ1) is 19.0. The molecule has 0 aliphatic heterocycles. The molecule has 1 atom stereocenters. The number of hydrogen-bond donors (Lipinski definition) is 2. The smallest absolute Gasteiger partial charge is 0.233 e. The predicted octanol–water partition coefficient (Wildman–Crippen LogP) is 4.20. The fraction of sp³-hybridized carbons (Fsp3) is 0.438. The summed E-state index contributed by atoms with van der Waals surface area (Å²) in [7, 11) is 0. The minimum absolute atomic E-state index is 0.0457. The van der Waals surface area contributed by atoms with Gasteiger partial charge in [0, 0.05) is 18.1 Å². The predicted molar refractivity (Wildman–Crippen MR) is 102 cm³/mol. The maximum Gasteiger partial charge on any atom is 0.233 e. The van der Waals surface area contributed by atoms with Crippen LogP contribution in [0.3, 0.4) is 0 Å². The van der Waals surface area contributed by atoms with Gasteiger partial charge in [-0.3, -0.25) is 4.79 Å². The zero-order valence-electron chi connectivity index (χ0n) is 13.7. The number of halogens is 1. The lowest BCUT2D eigenvalue weighted by Gasteiger charge is -2.11. The highest BCUT2D eigenvalue weighted by Crippen LogP contribution is 2.29. The van der Waals surface area contributed by atoms with Crippen molar-refractivity contribution in [1.29, 1.82) is 0 Å². The number of hydrogen-bond acceptors (Lipinski definition) is 6. The second-order valence-corrected chi connectivity index (χ2v) is 8.20. The van der Waals surface area contributed by atoms with Gasteiger partial charge in [-0.1, -0.05) is 66.2 Å². The first-order valence-electron chi connectivity index (χ1n) is 7.85. The van der Waals surface area contributed by atoms with Crippen molar-refractivity contribution < 1.29 is 4.79 Å². The van der Waals surface area contributed by atoms with Crippen LogP contribution >= 0.6 is 34.7 Å². The lowest BCUT2D eigenvalue weighted by Crippen LogP contribution is -2.30. The number of nitrogens with zero attached hydrogens (tertiary/aromatic N) is 2. The van der Waals surface area contributed by atoms with Crippen molar-refractivity contribution in [3.05, 3.63) is 34.9 Å². The minimum atomic E-state index is -0.246. The highest BCUT2D eigenvalue weighted by Gasteiger charge is 2.17. The molecule has 1 aromatic heterocycles. The molecule has 130 valence electrons. The van der Waals surface area contributed by atoms with Crippen LogP contribution in [-0.4, -0.2) is 27.9 Å². The zero-order valence-corrected chi connectivity index (χ0v) is 16.1. The number of aromatic nitrogens is 2. The molecule has 1 amide bonds. The number of thioether (sulfide) groups is 1. The Kier molecular flexibility index (Phi) is 7.81. The summed E-state index contributed by atoms with van der Waals surface area (Å²) in [6.45, 7) is 5.32. The average Bonchev–Trinajstić information content (AvgIpc) is 3.01. The van der Waals surface area contributed by atoms with Gasteiger partial charge in [-0.25, -0.2) is 0 Å². The molecular weight excluding hydrogens is 364 g/mol. The molecule has 0 bridgehead atoms. The van der Waals surface area contributed by atoms with Crippen molar-refractivity contribution in [2.24, 2.45) is 0 Å². The van der Waals surface area contributed by atoms with E-state index in [0.29, 0.717) is 11.6 Å². The summed E-state index contributed by atoms with van der Waals surface area (Å²) in [6.07, 6.45) is 2.24. The third-order valence-electron chi connectivity index (χ3n) is 3.27. The average molecular weight is 385 g/mol. The van der Waals surface area contributed by atoms with Crippen LogP contribution in [0, 0.1) is 0 Å². The van der Waals surface area contributed by atoms with Gasteiger partial charge in [0.25, 0.3) is 0 Å². The molecule has 2 N–H and O–H groups in total. The largest absolute Gasteiger partial charge is 0.360 e. The van der Waals surface area contributed by atoms with Crippen LogP contribution in [-0.2, 0) is 11.3 Å². The van der Waals surface area contributed by atoms with E-state index in [0.717, 1.165) is 34.4 Å². The second-order valence-electron chi connectivity index (χ2n) is 5.22. The monoisotopic (exact) mass is 384 g/mol. The number of nitrogens with one attached hydrogen (secondary N) is 2. The Balaban J connectivity index is 1.80. The standard InChI is InChI=1S/C16H21ClN4OS2/c1-3-4-9-18-15-20-21-16(24-15)23-11(2)14(22)19-10-12-7-5-6-8-13(12)17/h5-8,11H,3-4,9-10H2,1-2H3,(H,18,20)(H,19,22)/t11-/m1/s1. The van der Waals surface area contributed by atoms with Crippen molar-refractivity contribution in [3.63, 3.8) is 0 Å². The Morgan fingerprint density at radius 1 is 1.38 bits per heavy atom. The summed E-state index contributed by atoms with van der Waals surface area (Å²) in [5, 5.41) is 15.6. The SMILES string of the molecule is CCCCNc1nnc(S[C@H](C)C(=O)NCc2ccccc2Cl)s1. The molecule has 0 spiro atoms. The molecule has 8 heteroatoms. The van der Waals surface area contributed by atoms with Crippen LogP contribution < -0.4 is 10.6 Å². The lowest BCUT2D eigenvalue weighted by molar-refractivity contribution is -0.120. The maximum absolute atomic E-state index is 12.2. The van der Waals surface area contributed by atoms with Crippen LogP contribution in [0.15, 0.2) is 28.6 Å². The van der Waals surface area contributed by atoms with E-state index >= 15 is 0 Å². The molecule has 0 saturated heterocycles. The van der Waals surface area contributed by atoms with Crippen molar-refractivity contribution in [1.82, 2.24) is 15.5 Å². The molecule has 24 heavy (non-hydrogen) atoms. The molecule has 0 saturated carbocycles. The van der Waals surface area contributed by atoms with Crippen molar-refractivity contribution in [2.45, 2.75) is 42.8 Å². The third-order valence-corrected chi connectivity index (χ3v) is 5.70. The van der Waals surface area contributed by atoms with Gasteiger partial charge in [0.15, 0.2) is 4.34 Å². The topological polar surface area (TPSA) is 66.9 Å². The van der Waals surface area contributed by atoms with E-state index in [1.807, 2.05) is 31.2 Å². The normalized spacial score (nSPS) is 12.0. The van der Waals surface area contributed by atoms with E-state index in [9.17, 15) is 4.79 Å². The fourth-order valence-corrected chi connectivity index (χ4v) is 4.02. The van der Waals surface area contributed by atoms with Crippen LogP contribution in [0.2, 0.25) is 5.02 Å². The molecule has 1 heterocycles. The van der Waals surface area contributed by atoms with Gasteiger partial charge in [0.1, 0.15) is 0 Å². The van der Waals surface area contributed by atoms with Crippen LogP contribution in [0.4, 0.5) is 5.13 Å². The molecule has 0 fully saturated rings. The number of benzene rings is 1. The fourth-order valence-electron chi connectivity index (χ4n) is 1.87. The molecule has 0 aliphatic carbocycles. The zero-order chi connectivity index (χ0) is 17.4. The molecule has 0 radical (unpaired) electrons. The lowest BCUT2D eigenvalue weighted by atomic mass is 10.2.